The molecule has 7 heteroatoms. The predicted octanol–water partition coefficient (Wildman–Crippen LogP) is 3.82. The predicted molar refractivity (Wildman–Crippen MR) is 107 cm³/mol. The van der Waals surface area contributed by atoms with Crippen LogP contribution in [0.1, 0.15) is 44.6 Å². The summed E-state index contributed by atoms with van der Waals surface area (Å²) < 4.78 is 1.95. The van der Waals surface area contributed by atoms with Crippen LogP contribution in [0, 0.1) is 6.92 Å². The quantitative estimate of drug-likeness (QED) is 0.766. The van der Waals surface area contributed by atoms with E-state index in [9.17, 15) is 9.59 Å². The van der Waals surface area contributed by atoms with E-state index in [1.54, 1.807) is 13.1 Å². The number of carbonyl (C=O) groups excluding carboxylic acids is 2. The lowest BCUT2D eigenvalue weighted by molar-refractivity contribution is -0.119. The highest BCUT2D eigenvalue weighted by atomic mass is 32.2. The van der Waals surface area contributed by atoms with E-state index < -0.39 is 11.3 Å². The maximum Gasteiger partial charge on any atom is 0.321 e. The van der Waals surface area contributed by atoms with Gasteiger partial charge < -0.3 is 5.32 Å². The molecule has 0 spiro atoms. The highest BCUT2D eigenvalue weighted by Gasteiger charge is 2.22. The van der Waals surface area contributed by atoms with Crippen molar-refractivity contribution < 1.29 is 9.59 Å². The summed E-state index contributed by atoms with van der Waals surface area (Å²) in [6.07, 6.45) is 9.04. The number of aryl methyl sites for hydroxylation is 1. The van der Waals surface area contributed by atoms with Crippen molar-refractivity contribution in [3.8, 4) is 5.69 Å². The number of nitrogens with one attached hydrogen (secondary N) is 2. The Morgan fingerprint density at radius 1 is 1.26 bits per heavy atom. The molecule has 1 aliphatic carbocycles. The number of imide groups is 1. The lowest BCUT2D eigenvalue weighted by atomic mass is 9.96. The number of amides is 3. The van der Waals surface area contributed by atoms with Crippen molar-refractivity contribution in [3.05, 3.63) is 42.2 Å². The zero-order valence-electron chi connectivity index (χ0n) is 15.8. The zero-order valence-corrected chi connectivity index (χ0v) is 16.6. The summed E-state index contributed by atoms with van der Waals surface area (Å²) in [6, 6.07) is 7.87. The van der Waals surface area contributed by atoms with Gasteiger partial charge in [-0.05, 0) is 44.4 Å². The van der Waals surface area contributed by atoms with Crippen LogP contribution in [-0.2, 0) is 4.79 Å². The minimum atomic E-state index is -0.437. The summed E-state index contributed by atoms with van der Waals surface area (Å²) in [4.78, 5) is 28.8. The third-order valence-electron chi connectivity index (χ3n) is 4.72. The van der Waals surface area contributed by atoms with Crippen LogP contribution in [0.15, 0.2) is 41.8 Å². The van der Waals surface area contributed by atoms with Gasteiger partial charge in [0.25, 0.3) is 0 Å². The first-order valence-electron chi connectivity index (χ1n) is 9.41. The Hall–Kier alpha value is -2.28. The Balaban J connectivity index is 1.57. The minimum Gasteiger partial charge on any atom is -0.335 e. The first-order valence-corrected chi connectivity index (χ1v) is 10.3. The number of benzene rings is 1. The van der Waals surface area contributed by atoms with Gasteiger partial charge in [0.2, 0.25) is 5.91 Å². The SMILES string of the molecule is Cc1cccc(-n2ccnc2SC(C)C(=O)NC(=O)NC2CCCCC2)c1. The molecule has 0 saturated heterocycles. The number of hydrogen-bond acceptors (Lipinski definition) is 4. The maximum atomic E-state index is 12.4. The Bertz CT molecular complexity index is 799. The minimum absolute atomic E-state index is 0.176. The molecule has 27 heavy (non-hydrogen) atoms. The van der Waals surface area contributed by atoms with E-state index in [1.165, 1.54) is 18.2 Å². The molecule has 2 aromatic rings. The van der Waals surface area contributed by atoms with Gasteiger partial charge in [-0.1, -0.05) is 43.2 Å². The van der Waals surface area contributed by atoms with Crippen LogP contribution in [0.5, 0.6) is 0 Å². The molecule has 0 bridgehead atoms. The monoisotopic (exact) mass is 386 g/mol. The van der Waals surface area contributed by atoms with Crippen molar-refractivity contribution in [2.75, 3.05) is 0 Å². The number of nitrogens with zero attached hydrogens (tertiary/aromatic N) is 2. The summed E-state index contributed by atoms with van der Waals surface area (Å²) in [5, 5.41) is 5.65. The van der Waals surface area contributed by atoms with Gasteiger partial charge in [0.05, 0.1) is 5.25 Å². The van der Waals surface area contributed by atoms with Crippen LogP contribution in [0.3, 0.4) is 0 Å². The lowest BCUT2D eigenvalue weighted by Crippen LogP contribution is -2.47. The van der Waals surface area contributed by atoms with Crippen molar-refractivity contribution in [2.45, 2.75) is 62.4 Å². The fourth-order valence-corrected chi connectivity index (χ4v) is 4.13. The molecule has 2 N–H and O–H groups in total. The van der Waals surface area contributed by atoms with Gasteiger partial charge in [0, 0.05) is 24.1 Å². The number of hydrogen-bond donors (Lipinski definition) is 2. The smallest absolute Gasteiger partial charge is 0.321 e. The summed E-state index contributed by atoms with van der Waals surface area (Å²) in [6.45, 7) is 3.82. The number of aromatic nitrogens is 2. The van der Waals surface area contributed by atoms with E-state index in [2.05, 4.69) is 21.7 Å². The molecular weight excluding hydrogens is 360 g/mol. The summed E-state index contributed by atoms with van der Waals surface area (Å²) in [5.74, 6) is -0.313. The second kappa shape index (κ2) is 9.08. The van der Waals surface area contributed by atoms with Crippen LogP contribution < -0.4 is 10.6 Å². The second-order valence-electron chi connectivity index (χ2n) is 6.98. The first kappa shape index (κ1) is 19.5. The highest BCUT2D eigenvalue weighted by Crippen LogP contribution is 2.25. The zero-order chi connectivity index (χ0) is 19.2. The Kier molecular flexibility index (Phi) is 6.55. The second-order valence-corrected chi connectivity index (χ2v) is 8.28. The van der Waals surface area contributed by atoms with E-state index in [0.29, 0.717) is 0 Å². The molecule has 1 aromatic carbocycles. The van der Waals surface area contributed by atoms with Crippen LogP contribution in [-0.4, -0.2) is 32.8 Å². The fraction of sp³-hybridized carbons (Fsp3) is 0.450. The fourth-order valence-electron chi connectivity index (χ4n) is 3.24. The normalized spacial score (nSPS) is 15.9. The molecule has 6 nitrogen and oxygen atoms in total. The van der Waals surface area contributed by atoms with Crippen molar-refractivity contribution >= 4 is 23.7 Å². The van der Waals surface area contributed by atoms with Crippen LogP contribution in [0.4, 0.5) is 4.79 Å². The van der Waals surface area contributed by atoms with Gasteiger partial charge in [-0.25, -0.2) is 9.78 Å². The number of thioether (sulfide) groups is 1. The van der Waals surface area contributed by atoms with E-state index in [1.807, 2.05) is 35.9 Å². The standard InChI is InChI=1S/C20H26N4O2S/c1-14-7-6-10-17(13-14)24-12-11-21-20(24)27-15(2)18(25)23-19(26)22-16-8-4-3-5-9-16/h6-7,10-13,15-16H,3-5,8-9H2,1-2H3,(H2,22,23,25,26). The number of imidazole rings is 1. The topological polar surface area (TPSA) is 76.0 Å². The molecule has 0 radical (unpaired) electrons. The Morgan fingerprint density at radius 3 is 2.78 bits per heavy atom. The van der Waals surface area contributed by atoms with Gasteiger partial charge in [-0.15, -0.1) is 0 Å². The van der Waals surface area contributed by atoms with Gasteiger partial charge >= 0.3 is 6.03 Å². The van der Waals surface area contributed by atoms with Gasteiger partial charge in [0.15, 0.2) is 5.16 Å². The first-order chi connectivity index (χ1) is 13.0. The summed E-state index contributed by atoms with van der Waals surface area (Å²) in [5.41, 5.74) is 2.15. The largest absolute Gasteiger partial charge is 0.335 e. The number of carbonyl (C=O) groups is 2. The summed E-state index contributed by atoms with van der Waals surface area (Å²) in [7, 11) is 0. The molecule has 1 aromatic heterocycles. The average Bonchev–Trinajstić information content (AvgIpc) is 3.10. The number of urea groups is 1. The average molecular weight is 387 g/mol. The van der Waals surface area contributed by atoms with Crippen molar-refractivity contribution in [2.24, 2.45) is 0 Å². The van der Waals surface area contributed by atoms with E-state index in [-0.39, 0.29) is 11.9 Å². The molecule has 3 amide bonds. The summed E-state index contributed by atoms with van der Waals surface area (Å²) >= 11 is 1.33. The molecule has 144 valence electrons. The molecule has 1 aliphatic rings. The number of rotatable bonds is 5. The van der Waals surface area contributed by atoms with Crippen LogP contribution in [0.25, 0.3) is 5.69 Å². The van der Waals surface area contributed by atoms with E-state index >= 15 is 0 Å². The van der Waals surface area contributed by atoms with Crippen molar-refractivity contribution in [1.82, 2.24) is 20.2 Å². The molecule has 1 fully saturated rings. The highest BCUT2D eigenvalue weighted by molar-refractivity contribution is 8.00. The molecule has 1 saturated carbocycles. The van der Waals surface area contributed by atoms with E-state index in [4.69, 9.17) is 0 Å². The molecule has 0 aliphatic heterocycles. The third-order valence-corrected chi connectivity index (χ3v) is 5.80. The van der Waals surface area contributed by atoms with Gasteiger partial charge in [-0.2, -0.15) is 0 Å². The third kappa shape index (κ3) is 5.35. The van der Waals surface area contributed by atoms with Crippen molar-refractivity contribution in [3.63, 3.8) is 0 Å². The Labute approximate surface area is 164 Å². The maximum absolute atomic E-state index is 12.4. The molecular formula is C20H26N4O2S. The van der Waals surface area contributed by atoms with Crippen LogP contribution in [0.2, 0.25) is 0 Å². The molecule has 1 heterocycles. The lowest BCUT2D eigenvalue weighted by Gasteiger charge is -2.23. The van der Waals surface area contributed by atoms with E-state index in [0.717, 1.165) is 42.1 Å². The van der Waals surface area contributed by atoms with Crippen LogP contribution >= 0.6 is 11.8 Å². The molecule has 1 unspecified atom stereocenters. The Morgan fingerprint density at radius 2 is 2.04 bits per heavy atom. The van der Waals surface area contributed by atoms with Crippen molar-refractivity contribution in [1.29, 1.82) is 0 Å². The molecule has 3 rings (SSSR count). The van der Waals surface area contributed by atoms with Gasteiger partial charge in [-0.3, -0.25) is 14.7 Å². The molecule has 1 atom stereocenters. The van der Waals surface area contributed by atoms with Gasteiger partial charge in [0.1, 0.15) is 0 Å².